The standard InChI is InChI=1S/C17H18N2O/c1-12-9-15-8-7-13(11-18)10-16(15)19(12)17(20)14-5-3-2-4-6-14/h2-8,10,12H,9,11,18H2,1H3. The average Bonchev–Trinajstić information content (AvgIpc) is 2.82. The fourth-order valence-electron chi connectivity index (χ4n) is 2.81. The van der Waals surface area contributed by atoms with Gasteiger partial charge in [-0.2, -0.15) is 0 Å². The van der Waals surface area contributed by atoms with Gasteiger partial charge in [-0.05, 0) is 42.7 Å². The molecule has 3 rings (SSSR count). The Morgan fingerprint density at radius 1 is 1.25 bits per heavy atom. The van der Waals surface area contributed by atoms with E-state index in [9.17, 15) is 4.79 Å². The van der Waals surface area contributed by atoms with Crippen molar-refractivity contribution in [2.24, 2.45) is 5.73 Å². The molecular weight excluding hydrogens is 248 g/mol. The zero-order chi connectivity index (χ0) is 14.1. The second-order valence-corrected chi connectivity index (χ2v) is 5.26. The number of nitrogens with zero attached hydrogens (tertiary/aromatic N) is 1. The smallest absolute Gasteiger partial charge is 0.258 e. The number of carbonyl (C=O) groups is 1. The van der Waals surface area contributed by atoms with Crippen LogP contribution < -0.4 is 10.6 Å². The van der Waals surface area contributed by atoms with Crippen LogP contribution in [0.2, 0.25) is 0 Å². The molecule has 2 aromatic rings. The van der Waals surface area contributed by atoms with Crippen molar-refractivity contribution >= 4 is 11.6 Å². The van der Waals surface area contributed by atoms with Gasteiger partial charge in [0.2, 0.25) is 0 Å². The Morgan fingerprint density at radius 3 is 2.70 bits per heavy atom. The third kappa shape index (κ3) is 2.10. The molecule has 0 saturated heterocycles. The maximum absolute atomic E-state index is 12.7. The summed E-state index contributed by atoms with van der Waals surface area (Å²) in [6, 6.07) is 15.8. The molecule has 0 fully saturated rings. The van der Waals surface area contributed by atoms with Gasteiger partial charge in [0.1, 0.15) is 0 Å². The number of nitrogens with two attached hydrogens (primary N) is 1. The second-order valence-electron chi connectivity index (χ2n) is 5.26. The topological polar surface area (TPSA) is 46.3 Å². The summed E-state index contributed by atoms with van der Waals surface area (Å²) in [5.74, 6) is 0.0611. The van der Waals surface area contributed by atoms with Gasteiger partial charge >= 0.3 is 0 Å². The number of carbonyl (C=O) groups excluding carboxylic acids is 1. The molecule has 1 unspecified atom stereocenters. The Bertz CT molecular complexity index is 637. The lowest BCUT2D eigenvalue weighted by Crippen LogP contribution is -2.35. The van der Waals surface area contributed by atoms with Gasteiger partial charge in [-0.15, -0.1) is 0 Å². The predicted octanol–water partition coefficient (Wildman–Crippen LogP) is 2.74. The predicted molar refractivity (Wildman–Crippen MR) is 80.8 cm³/mol. The van der Waals surface area contributed by atoms with Crippen molar-refractivity contribution in [3.63, 3.8) is 0 Å². The van der Waals surface area contributed by atoms with E-state index in [1.165, 1.54) is 5.56 Å². The average molecular weight is 266 g/mol. The first kappa shape index (κ1) is 12.9. The van der Waals surface area contributed by atoms with Crippen molar-refractivity contribution in [2.45, 2.75) is 25.9 Å². The number of amides is 1. The molecule has 2 N–H and O–H groups in total. The number of hydrogen-bond donors (Lipinski definition) is 1. The molecule has 1 aliphatic heterocycles. The Morgan fingerprint density at radius 2 is 2.00 bits per heavy atom. The first-order valence-corrected chi connectivity index (χ1v) is 6.91. The summed E-state index contributed by atoms with van der Waals surface area (Å²) in [6.45, 7) is 2.58. The van der Waals surface area contributed by atoms with Crippen molar-refractivity contribution in [1.29, 1.82) is 0 Å². The van der Waals surface area contributed by atoms with Crippen LogP contribution in [0.15, 0.2) is 48.5 Å². The summed E-state index contributed by atoms with van der Waals surface area (Å²) >= 11 is 0. The first-order valence-electron chi connectivity index (χ1n) is 6.91. The zero-order valence-corrected chi connectivity index (χ0v) is 11.5. The quantitative estimate of drug-likeness (QED) is 0.908. The molecule has 1 aliphatic rings. The molecule has 3 nitrogen and oxygen atoms in total. The van der Waals surface area contributed by atoms with Crippen molar-refractivity contribution in [3.05, 3.63) is 65.2 Å². The Balaban J connectivity index is 2.01. The highest BCUT2D eigenvalue weighted by atomic mass is 16.2. The molecule has 1 heterocycles. The van der Waals surface area contributed by atoms with E-state index in [-0.39, 0.29) is 11.9 Å². The minimum absolute atomic E-state index is 0.0611. The molecular formula is C17H18N2O. The maximum atomic E-state index is 12.7. The van der Waals surface area contributed by atoms with E-state index < -0.39 is 0 Å². The Hall–Kier alpha value is -2.13. The van der Waals surface area contributed by atoms with E-state index in [0.717, 1.165) is 23.2 Å². The van der Waals surface area contributed by atoms with E-state index >= 15 is 0 Å². The molecule has 3 heteroatoms. The molecule has 1 amide bonds. The molecule has 0 aliphatic carbocycles. The number of anilines is 1. The fraction of sp³-hybridized carbons (Fsp3) is 0.235. The minimum atomic E-state index is 0.0611. The Kier molecular flexibility index (Phi) is 3.28. The monoisotopic (exact) mass is 266 g/mol. The SMILES string of the molecule is CC1Cc2ccc(CN)cc2N1C(=O)c1ccccc1. The van der Waals surface area contributed by atoms with E-state index in [2.05, 4.69) is 13.0 Å². The molecule has 2 aromatic carbocycles. The van der Waals surface area contributed by atoms with Crippen LogP contribution in [0.4, 0.5) is 5.69 Å². The summed E-state index contributed by atoms with van der Waals surface area (Å²) in [5.41, 5.74) is 9.72. The van der Waals surface area contributed by atoms with Crippen LogP contribution >= 0.6 is 0 Å². The van der Waals surface area contributed by atoms with Crippen molar-refractivity contribution in [1.82, 2.24) is 0 Å². The summed E-state index contributed by atoms with van der Waals surface area (Å²) in [4.78, 5) is 14.6. The van der Waals surface area contributed by atoms with Gasteiger partial charge in [0.15, 0.2) is 0 Å². The molecule has 0 radical (unpaired) electrons. The van der Waals surface area contributed by atoms with Gasteiger partial charge < -0.3 is 10.6 Å². The normalized spacial score (nSPS) is 17.1. The Labute approximate surface area is 119 Å². The van der Waals surface area contributed by atoms with Gasteiger partial charge in [0.25, 0.3) is 5.91 Å². The van der Waals surface area contributed by atoms with Crippen LogP contribution in [0, 0.1) is 0 Å². The van der Waals surface area contributed by atoms with Crippen LogP contribution in [-0.4, -0.2) is 11.9 Å². The number of hydrogen-bond acceptors (Lipinski definition) is 2. The highest BCUT2D eigenvalue weighted by Gasteiger charge is 2.31. The zero-order valence-electron chi connectivity index (χ0n) is 11.5. The third-order valence-corrected chi connectivity index (χ3v) is 3.84. The van der Waals surface area contributed by atoms with Crippen molar-refractivity contribution in [2.75, 3.05) is 4.90 Å². The summed E-state index contributed by atoms with van der Waals surface area (Å²) in [6.07, 6.45) is 0.902. The van der Waals surface area contributed by atoms with Gasteiger partial charge in [-0.3, -0.25) is 4.79 Å². The van der Waals surface area contributed by atoms with Crippen LogP contribution in [0.1, 0.15) is 28.4 Å². The van der Waals surface area contributed by atoms with Crippen molar-refractivity contribution < 1.29 is 4.79 Å². The fourth-order valence-corrected chi connectivity index (χ4v) is 2.81. The summed E-state index contributed by atoms with van der Waals surface area (Å²) < 4.78 is 0. The summed E-state index contributed by atoms with van der Waals surface area (Å²) in [7, 11) is 0. The highest BCUT2D eigenvalue weighted by Crippen LogP contribution is 2.34. The molecule has 0 aromatic heterocycles. The minimum Gasteiger partial charge on any atom is -0.326 e. The first-order chi connectivity index (χ1) is 9.70. The lowest BCUT2D eigenvalue weighted by molar-refractivity contribution is 0.0981. The lowest BCUT2D eigenvalue weighted by atomic mass is 10.1. The van der Waals surface area contributed by atoms with Gasteiger partial charge in [0.05, 0.1) is 0 Å². The molecule has 0 spiro atoms. The lowest BCUT2D eigenvalue weighted by Gasteiger charge is -2.23. The van der Waals surface area contributed by atoms with E-state index in [0.29, 0.717) is 6.54 Å². The molecule has 1 atom stereocenters. The van der Waals surface area contributed by atoms with Crippen LogP contribution in [0.3, 0.4) is 0 Å². The van der Waals surface area contributed by atoms with Crippen LogP contribution in [-0.2, 0) is 13.0 Å². The number of rotatable bonds is 2. The molecule has 20 heavy (non-hydrogen) atoms. The third-order valence-electron chi connectivity index (χ3n) is 3.84. The largest absolute Gasteiger partial charge is 0.326 e. The second kappa shape index (κ2) is 5.10. The van der Waals surface area contributed by atoms with Crippen LogP contribution in [0.5, 0.6) is 0 Å². The van der Waals surface area contributed by atoms with E-state index in [4.69, 9.17) is 5.73 Å². The van der Waals surface area contributed by atoms with Gasteiger partial charge in [-0.25, -0.2) is 0 Å². The molecule has 0 saturated carbocycles. The van der Waals surface area contributed by atoms with E-state index in [1.54, 1.807) is 0 Å². The summed E-state index contributed by atoms with van der Waals surface area (Å²) in [5, 5.41) is 0. The van der Waals surface area contributed by atoms with Crippen molar-refractivity contribution in [3.8, 4) is 0 Å². The molecule has 0 bridgehead atoms. The van der Waals surface area contributed by atoms with Crippen LogP contribution in [0.25, 0.3) is 0 Å². The number of fused-ring (bicyclic) bond motifs is 1. The highest BCUT2D eigenvalue weighted by molar-refractivity contribution is 6.07. The maximum Gasteiger partial charge on any atom is 0.258 e. The van der Waals surface area contributed by atoms with Gasteiger partial charge in [0, 0.05) is 23.8 Å². The van der Waals surface area contributed by atoms with Gasteiger partial charge in [-0.1, -0.05) is 30.3 Å². The molecule has 102 valence electrons. The number of benzene rings is 2. The van der Waals surface area contributed by atoms with E-state index in [1.807, 2.05) is 47.4 Å².